The SMILES string of the molecule is CCOC(=O)C1=C[C@@H](OC(CC)CC)[C@H](NC(C)=O)[C@@H](NC(=O)Nc2ccc(-c3c4ccc(=O)cc-4oc4cc(O)ccc34)c(C(=O)O)c2)C1. The number of aromatic carboxylic acids is 1. The summed E-state index contributed by atoms with van der Waals surface area (Å²) >= 11 is 0. The molecule has 2 aromatic carbocycles. The van der Waals surface area contributed by atoms with Gasteiger partial charge in [-0.1, -0.05) is 19.9 Å². The van der Waals surface area contributed by atoms with Crippen molar-refractivity contribution in [2.45, 2.75) is 71.2 Å². The third-order valence-electron chi connectivity index (χ3n) is 8.53. The van der Waals surface area contributed by atoms with Crippen molar-refractivity contribution in [2.75, 3.05) is 11.9 Å². The summed E-state index contributed by atoms with van der Waals surface area (Å²) in [5.41, 5.74) is 1.41. The van der Waals surface area contributed by atoms with Gasteiger partial charge in [-0.15, -0.1) is 0 Å². The van der Waals surface area contributed by atoms with Crippen LogP contribution in [-0.2, 0) is 19.1 Å². The molecular weight excluding hydrogens is 646 g/mol. The molecule has 13 heteroatoms. The van der Waals surface area contributed by atoms with Gasteiger partial charge in [0.05, 0.1) is 36.5 Å². The molecule has 2 aromatic rings. The molecule has 5 N–H and O–H groups in total. The number of hydrogen-bond acceptors (Lipinski definition) is 9. The number of esters is 1. The van der Waals surface area contributed by atoms with E-state index in [1.807, 2.05) is 13.8 Å². The van der Waals surface area contributed by atoms with Crippen LogP contribution in [0.1, 0.15) is 57.3 Å². The summed E-state index contributed by atoms with van der Waals surface area (Å²) in [6.45, 7) is 7.11. The fourth-order valence-electron chi connectivity index (χ4n) is 6.23. The Balaban J connectivity index is 1.48. The Hall–Kier alpha value is -5.69. The summed E-state index contributed by atoms with van der Waals surface area (Å²) in [6.07, 6.45) is 2.13. The Morgan fingerprint density at radius 2 is 1.70 bits per heavy atom. The van der Waals surface area contributed by atoms with E-state index in [1.165, 1.54) is 49.4 Å². The maximum absolute atomic E-state index is 13.5. The second kappa shape index (κ2) is 15.2. The maximum Gasteiger partial charge on any atom is 0.336 e. The molecule has 0 spiro atoms. The van der Waals surface area contributed by atoms with E-state index in [9.17, 15) is 34.2 Å². The van der Waals surface area contributed by atoms with Gasteiger partial charge in [0, 0.05) is 53.3 Å². The van der Waals surface area contributed by atoms with Gasteiger partial charge in [-0.2, -0.15) is 0 Å². The molecule has 1 aliphatic heterocycles. The second-order valence-electron chi connectivity index (χ2n) is 12.0. The predicted octanol–water partition coefficient (Wildman–Crippen LogP) is 5.43. The fraction of sp³-hybridized carbons (Fsp3) is 0.324. The van der Waals surface area contributed by atoms with Crippen LogP contribution in [0, 0.1) is 0 Å². The quantitative estimate of drug-likeness (QED) is 0.100. The van der Waals surface area contributed by atoms with Gasteiger partial charge in [0.2, 0.25) is 5.91 Å². The number of nitrogens with one attached hydrogen (secondary N) is 3. The molecule has 3 amide bonds. The molecule has 0 saturated heterocycles. The molecule has 0 fully saturated rings. The lowest BCUT2D eigenvalue weighted by Gasteiger charge is -2.38. The zero-order chi connectivity index (χ0) is 36.1. The first-order valence-electron chi connectivity index (χ1n) is 16.4. The lowest BCUT2D eigenvalue weighted by molar-refractivity contribution is -0.139. The maximum atomic E-state index is 13.5. The zero-order valence-corrected chi connectivity index (χ0v) is 28.1. The molecule has 0 unspecified atom stereocenters. The minimum atomic E-state index is -1.28. The summed E-state index contributed by atoms with van der Waals surface area (Å²) in [5.74, 6) is -2.07. The number of benzene rings is 3. The van der Waals surface area contributed by atoms with Gasteiger partial charge in [0.1, 0.15) is 17.1 Å². The number of rotatable bonds is 11. The number of fused-ring (bicyclic) bond motifs is 2. The first kappa shape index (κ1) is 35.6. The van der Waals surface area contributed by atoms with Crippen molar-refractivity contribution in [3.05, 3.63) is 82.0 Å². The van der Waals surface area contributed by atoms with Crippen LogP contribution in [0.25, 0.3) is 33.4 Å². The van der Waals surface area contributed by atoms with E-state index in [0.717, 1.165) is 0 Å². The average Bonchev–Trinajstić information content (AvgIpc) is 3.07. The summed E-state index contributed by atoms with van der Waals surface area (Å²) < 4.78 is 17.4. The number of anilines is 1. The number of phenols is 1. The lowest BCUT2D eigenvalue weighted by atomic mass is 9.87. The number of carbonyl (C=O) groups is 4. The Bertz CT molecular complexity index is 2000. The smallest absolute Gasteiger partial charge is 0.336 e. The molecule has 5 rings (SSSR count). The van der Waals surface area contributed by atoms with E-state index < -0.39 is 36.2 Å². The molecule has 3 atom stereocenters. The first-order valence-corrected chi connectivity index (χ1v) is 16.4. The van der Waals surface area contributed by atoms with E-state index in [4.69, 9.17) is 13.9 Å². The molecule has 1 heterocycles. The lowest BCUT2D eigenvalue weighted by Crippen LogP contribution is -2.60. The largest absolute Gasteiger partial charge is 0.508 e. The topological polar surface area (TPSA) is 193 Å². The van der Waals surface area contributed by atoms with Crippen molar-refractivity contribution in [2.24, 2.45) is 0 Å². The third-order valence-corrected chi connectivity index (χ3v) is 8.53. The van der Waals surface area contributed by atoms with Crippen LogP contribution < -0.4 is 21.4 Å². The molecule has 2 aliphatic carbocycles. The molecule has 13 nitrogen and oxygen atoms in total. The van der Waals surface area contributed by atoms with Crippen molar-refractivity contribution in [1.29, 1.82) is 0 Å². The van der Waals surface area contributed by atoms with Crippen LogP contribution in [0.4, 0.5) is 10.5 Å². The number of amides is 3. The Morgan fingerprint density at radius 1 is 0.960 bits per heavy atom. The number of aromatic hydroxyl groups is 1. The molecule has 50 heavy (non-hydrogen) atoms. The summed E-state index contributed by atoms with van der Waals surface area (Å²) in [5, 5.41) is 29.3. The van der Waals surface area contributed by atoms with Gasteiger partial charge < -0.3 is 40.1 Å². The second-order valence-corrected chi connectivity index (χ2v) is 12.0. The Labute approximate surface area is 287 Å². The molecule has 0 radical (unpaired) electrons. The summed E-state index contributed by atoms with van der Waals surface area (Å²) in [7, 11) is 0. The van der Waals surface area contributed by atoms with Crippen LogP contribution >= 0.6 is 0 Å². The Morgan fingerprint density at radius 3 is 2.38 bits per heavy atom. The first-order chi connectivity index (χ1) is 23.9. The van der Waals surface area contributed by atoms with Crippen LogP contribution in [0.2, 0.25) is 0 Å². The van der Waals surface area contributed by atoms with E-state index in [-0.39, 0.29) is 64.4 Å². The molecule has 262 valence electrons. The van der Waals surface area contributed by atoms with E-state index >= 15 is 0 Å². The van der Waals surface area contributed by atoms with Crippen LogP contribution in [0.3, 0.4) is 0 Å². The molecule has 0 bridgehead atoms. The van der Waals surface area contributed by atoms with Gasteiger partial charge in [0.15, 0.2) is 5.43 Å². The average molecular weight is 686 g/mol. The standard InChI is InChI=1S/C37H39N3O10/c1-5-24(6-2)49-32-15-20(36(46)48-7-3)14-29(34(32)38-19(4)41)40-37(47)39-21-8-11-25(28(16-21)35(44)45)33-26-12-9-22(42)17-30(26)50-31-18-23(43)10-13-27(31)33/h8-13,15-18,24,29,32,34,42H,5-7,14H2,1-4H3,(H,38,41)(H,44,45)(H2,39,40,47)/t29-,32+,34+/m0/s1. The highest BCUT2D eigenvalue weighted by Crippen LogP contribution is 2.42. The van der Waals surface area contributed by atoms with Crippen molar-refractivity contribution in [3.63, 3.8) is 0 Å². The highest BCUT2D eigenvalue weighted by atomic mass is 16.5. The minimum absolute atomic E-state index is 0.0408. The predicted molar refractivity (Wildman–Crippen MR) is 185 cm³/mol. The number of urea groups is 1. The molecule has 3 aliphatic rings. The number of carboxylic acids is 1. The van der Waals surface area contributed by atoms with Gasteiger partial charge in [-0.25, -0.2) is 14.4 Å². The summed E-state index contributed by atoms with van der Waals surface area (Å²) in [4.78, 5) is 63.4. The van der Waals surface area contributed by atoms with Gasteiger partial charge in [-0.3, -0.25) is 9.59 Å². The van der Waals surface area contributed by atoms with Crippen molar-refractivity contribution >= 4 is 40.5 Å². The van der Waals surface area contributed by atoms with Gasteiger partial charge in [-0.05, 0) is 67.8 Å². The van der Waals surface area contributed by atoms with Crippen LogP contribution in [0.15, 0.2) is 75.5 Å². The van der Waals surface area contributed by atoms with Crippen molar-refractivity contribution < 1.29 is 43.3 Å². The zero-order valence-electron chi connectivity index (χ0n) is 28.1. The molecule has 0 saturated carbocycles. The summed E-state index contributed by atoms with van der Waals surface area (Å²) in [6, 6.07) is 10.7. The number of carboxylic acid groups (broad SMARTS) is 1. The highest BCUT2D eigenvalue weighted by Gasteiger charge is 2.39. The monoisotopic (exact) mass is 685 g/mol. The van der Waals surface area contributed by atoms with E-state index in [0.29, 0.717) is 34.9 Å². The van der Waals surface area contributed by atoms with Crippen molar-refractivity contribution in [3.8, 4) is 28.2 Å². The number of ether oxygens (including phenoxy) is 2. The van der Waals surface area contributed by atoms with Crippen molar-refractivity contribution in [1.82, 2.24) is 10.6 Å². The minimum Gasteiger partial charge on any atom is -0.508 e. The molecule has 0 aromatic heterocycles. The third kappa shape index (κ3) is 7.78. The van der Waals surface area contributed by atoms with Crippen LogP contribution in [-0.4, -0.2) is 65.0 Å². The van der Waals surface area contributed by atoms with Crippen LogP contribution in [0.5, 0.6) is 5.75 Å². The fourth-order valence-corrected chi connectivity index (χ4v) is 6.23. The van der Waals surface area contributed by atoms with E-state index in [2.05, 4.69) is 16.0 Å². The normalized spacial score (nSPS) is 17.3. The number of hydrogen-bond donors (Lipinski definition) is 5. The number of carbonyl (C=O) groups excluding carboxylic acids is 3. The highest BCUT2D eigenvalue weighted by molar-refractivity contribution is 6.08. The number of phenolic OH excluding ortho intramolecular Hbond substituents is 1. The molecular formula is C37H39N3O10. The Kier molecular flexibility index (Phi) is 10.9. The van der Waals surface area contributed by atoms with E-state index in [1.54, 1.807) is 25.1 Å². The van der Waals surface area contributed by atoms with Gasteiger partial charge >= 0.3 is 18.0 Å². The van der Waals surface area contributed by atoms with Gasteiger partial charge in [0.25, 0.3) is 0 Å².